The molecule has 438 valence electrons. The fraction of sp³-hybridized carbons (Fsp3) is 0.114. The number of anilines is 9. The smallest absolute Gasteiger partial charge is 0.0948 e. The Labute approximate surface area is 536 Å². The van der Waals surface area contributed by atoms with Gasteiger partial charge in [-0.3, -0.25) is 0 Å². The van der Waals surface area contributed by atoms with Gasteiger partial charge < -0.3 is 14.7 Å². The van der Waals surface area contributed by atoms with Gasteiger partial charge in [-0.2, -0.15) is 0 Å². The van der Waals surface area contributed by atoms with Crippen LogP contribution in [0.5, 0.6) is 0 Å². The molecule has 1 aliphatic carbocycles. The van der Waals surface area contributed by atoms with Crippen LogP contribution in [0.2, 0.25) is 0 Å². The summed E-state index contributed by atoms with van der Waals surface area (Å²) in [6.07, 6.45) is 0.889. The second kappa shape index (κ2) is 22.1. The second-order valence-corrected chi connectivity index (χ2v) is 26.8. The summed E-state index contributed by atoms with van der Waals surface area (Å²) in [6, 6.07) is 114. The summed E-state index contributed by atoms with van der Waals surface area (Å²) in [5, 5.41) is 0. The van der Waals surface area contributed by atoms with Gasteiger partial charge in [-0.1, -0.05) is 284 Å². The van der Waals surface area contributed by atoms with Gasteiger partial charge in [0.25, 0.3) is 0 Å². The van der Waals surface area contributed by atoms with E-state index in [-0.39, 0.29) is 16.7 Å². The highest BCUT2D eigenvalue weighted by molar-refractivity contribution is 6.15. The minimum absolute atomic E-state index is 0.0647. The lowest BCUT2D eigenvalue weighted by atomic mass is 9.74. The van der Waals surface area contributed by atoms with Crippen molar-refractivity contribution >= 4 is 51.2 Å². The van der Waals surface area contributed by atoms with E-state index in [4.69, 9.17) is 0 Å². The zero-order chi connectivity index (χ0) is 61.5. The van der Waals surface area contributed by atoms with Crippen LogP contribution in [0.15, 0.2) is 303 Å². The van der Waals surface area contributed by atoms with Crippen molar-refractivity contribution in [1.29, 1.82) is 0 Å². The van der Waals surface area contributed by atoms with E-state index in [1.165, 1.54) is 94.6 Å². The Bertz CT molecular complexity index is 4630. The number of hydrogen-bond donors (Lipinski definition) is 0. The molecule has 2 heterocycles. The molecule has 0 unspecified atom stereocenters. The van der Waals surface area contributed by atoms with Crippen molar-refractivity contribution in [2.75, 3.05) is 14.7 Å². The van der Waals surface area contributed by atoms with E-state index in [2.05, 4.69) is 360 Å². The van der Waals surface area contributed by atoms with Crippen LogP contribution in [0.1, 0.15) is 86.4 Å². The molecule has 91 heavy (non-hydrogen) atoms. The molecule has 0 fully saturated rings. The predicted octanol–water partition coefficient (Wildman–Crippen LogP) is 24.4. The van der Waals surface area contributed by atoms with E-state index in [0.29, 0.717) is 0 Å². The number of rotatable bonds is 9. The van der Waals surface area contributed by atoms with Crippen LogP contribution in [-0.2, 0) is 17.3 Å². The molecule has 0 amide bonds. The quantitative estimate of drug-likeness (QED) is 0.143. The fourth-order valence-corrected chi connectivity index (χ4v) is 14.6. The van der Waals surface area contributed by atoms with Gasteiger partial charge in [0.05, 0.1) is 51.2 Å². The number of nitrogens with zero attached hydrogens (tertiary/aromatic N) is 3. The largest absolute Gasteiger partial charge is 0.306 e. The zero-order valence-electron chi connectivity index (χ0n) is 52.5. The molecule has 0 N–H and O–H groups in total. The molecule has 16 rings (SSSR count). The lowest BCUT2D eigenvalue weighted by Crippen LogP contribution is -2.31. The molecule has 3 heteroatoms. The van der Waals surface area contributed by atoms with Crippen LogP contribution in [0.4, 0.5) is 51.2 Å². The molecule has 0 saturated carbocycles. The maximum atomic E-state index is 2.65. The summed E-state index contributed by atoms with van der Waals surface area (Å²) in [4.78, 5) is 7.92. The monoisotopic (exact) mass is 1170 g/mol. The van der Waals surface area contributed by atoms with Crippen LogP contribution >= 0.6 is 0 Å². The Kier molecular flexibility index (Phi) is 13.5. The first kappa shape index (κ1) is 55.6. The summed E-state index contributed by atoms with van der Waals surface area (Å²) in [7, 11) is 0. The Morgan fingerprint density at radius 1 is 0.253 bits per heavy atom. The molecule has 3 aliphatic rings. The van der Waals surface area contributed by atoms with Crippen LogP contribution < -0.4 is 14.7 Å². The molecule has 13 aromatic rings. The molecule has 2 aliphatic heterocycles. The molecule has 0 radical (unpaired) electrons. The van der Waals surface area contributed by atoms with E-state index in [0.717, 1.165) is 68.7 Å². The molecule has 0 spiro atoms. The highest BCUT2D eigenvalue weighted by Crippen LogP contribution is 2.66. The van der Waals surface area contributed by atoms with Crippen molar-refractivity contribution in [1.82, 2.24) is 0 Å². The van der Waals surface area contributed by atoms with Crippen LogP contribution in [0, 0.1) is 0 Å². The van der Waals surface area contributed by atoms with Crippen molar-refractivity contribution in [3.63, 3.8) is 0 Å². The average Bonchev–Trinajstić information content (AvgIpc) is 0.696. The first-order chi connectivity index (χ1) is 44.4. The molecule has 3 nitrogen and oxygen atoms in total. The Morgan fingerprint density at radius 3 is 0.967 bits per heavy atom. The summed E-state index contributed by atoms with van der Waals surface area (Å²) >= 11 is 0. The summed E-state index contributed by atoms with van der Waals surface area (Å²) in [6.45, 7) is 14.0. The predicted molar refractivity (Wildman–Crippen MR) is 384 cm³/mol. The number of benzene rings is 13. The standard InChI is InChI=1S/C88H71N3/c1-87(2,3)67-45-49-77(75(56-67)60-31-15-9-16-32-60)89-79-47-43-64(71-39-25-23-37-69(71)58-27-11-7-12-28-58)52-81(79)91-82-53-65(72-40-26-24-38-70(72)59-29-13-8-14-30-59)44-48-80(82)90(78-50-46-68(88(4,5)6)57-76(78)61-33-17-10-18-34-61)84-55-66(54-83(89)86(84)91)85-73-41-21-19-35-62(73)51-63-36-20-22-42-74(63)85/h7-50,52-57,85H,51H2,1-6H3. The molecule has 0 saturated heterocycles. The van der Waals surface area contributed by atoms with Gasteiger partial charge in [0.1, 0.15) is 0 Å². The normalized spacial score (nSPS) is 13.2. The van der Waals surface area contributed by atoms with E-state index in [9.17, 15) is 0 Å². The maximum Gasteiger partial charge on any atom is 0.0948 e. The third kappa shape index (κ3) is 9.66. The number of fused-ring (bicyclic) bond motifs is 6. The van der Waals surface area contributed by atoms with Gasteiger partial charge in [-0.15, -0.1) is 0 Å². The SMILES string of the molecule is CC(C)(C)c1ccc(N2c3ccc(-c4ccccc4-c4ccccc4)cc3N3c4cc(-c5ccccc5-c5ccccc5)ccc4N(c4ccc(C(C)(C)C)cc4-c4ccccc4)c4cc(C5c6ccccc6Cc6ccccc65)cc2c43)c(-c2ccccc2)c1. The molecule has 0 bridgehead atoms. The van der Waals surface area contributed by atoms with Gasteiger partial charge in [0.2, 0.25) is 0 Å². The molecule has 0 atom stereocenters. The molecule has 13 aromatic carbocycles. The van der Waals surface area contributed by atoms with Gasteiger partial charge in [-0.05, 0) is 172 Å². The Morgan fingerprint density at radius 2 is 0.582 bits per heavy atom. The topological polar surface area (TPSA) is 9.72 Å². The minimum Gasteiger partial charge on any atom is -0.306 e. The molecular formula is C88H71N3. The third-order valence-electron chi connectivity index (χ3n) is 19.2. The lowest BCUT2D eigenvalue weighted by molar-refractivity contribution is 0.590. The zero-order valence-corrected chi connectivity index (χ0v) is 52.5. The van der Waals surface area contributed by atoms with Gasteiger partial charge in [0, 0.05) is 17.0 Å². The first-order valence-electron chi connectivity index (χ1n) is 32.1. The minimum atomic E-state index is -0.111. The maximum absolute atomic E-state index is 2.65. The fourth-order valence-electron chi connectivity index (χ4n) is 14.6. The lowest BCUT2D eigenvalue weighted by Gasteiger charge is -2.48. The molecule has 0 aromatic heterocycles. The van der Waals surface area contributed by atoms with Crippen LogP contribution in [0.3, 0.4) is 0 Å². The van der Waals surface area contributed by atoms with Crippen molar-refractivity contribution < 1.29 is 0 Å². The first-order valence-corrected chi connectivity index (χ1v) is 32.1. The van der Waals surface area contributed by atoms with E-state index in [1.54, 1.807) is 0 Å². The Balaban J connectivity index is 1.07. The highest BCUT2D eigenvalue weighted by Gasteiger charge is 2.43. The van der Waals surface area contributed by atoms with Gasteiger partial charge in [0.15, 0.2) is 0 Å². The summed E-state index contributed by atoms with van der Waals surface area (Å²) < 4.78 is 0. The van der Waals surface area contributed by atoms with Crippen LogP contribution in [-0.4, -0.2) is 0 Å². The number of hydrogen-bond acceptors (Lipinski definition) is 3. The summed E-state index contributed by atoms with van der Waals surface area (Å²) in [5.74, 6) is -0.0647. The van der Waals surface area contributed by atoms with Gasteiger partial charge in [-0.25, -0.2) is 0 Å². The van der Waals surface area contributed by atoms with Crippen molar-refractivity contribution in [2.45, 2.75) is 64.7 Å². The second-order valence-electron chi connectivity index (χ2n) is 26.8. The molecular weight excluding hydrogens is 1100 g/mol. The van der Waals surface area contributed by atoms with E-state index < -0.39 is 0 Å². The van der Waals surface area contributed by atoms with Crippen LogP contribution in [0.25, 0.3) is 66.8 Å². The van der Waals surface area contributed by atoms with E-state index >= 15 is 0 Å². The Hall–Kier alpha value is -10.7. The average molecular weight is 1170 g/mol. The highest BCUT2D eigenvalue weighted by atomic mass is 15.3. The van der Waals surface area contributed by atoms with Crippen molar-refractivity contribution in [2.24, 2.45) is 0 Å². The summed E-state index contributed by atoms with van der Waals surface area (Å²) in [5.41, 5.74) is 33.0. The third-order valence-corrected chi connectivity index (χ3v) is 19.2. The van der Waals surface area contributed by atoms with Gasteiger partial charge >= 0.3 is 0 Å². The van der Waals surface area contributed by atoms with E-state index in [1.807, 2.05) is 0 Å². The van der Waals surface area contributed by atoms with Crippen molar-refractivity contribution in [3.8, 4) is 66.8 Å². The van der Waals surface area contributed by atoms with Crippen molar-refractivity contribution in [3.05, 3.63) is 342 Å².